The molecule has 1 amide bonds. The fourth-order valence-electron chi connectivity index (χ4n) is 2.47. The smallest absolute Gasteiger partial charge is 0.288 e. The number of aromatic nitrogens is 1. The third-order valence-corrected chi connectivity index (χ3v) is 4.14. The molecule has 2 aromatic carbocycles. The molecule has 3 rings (SSSR count). The highest BCUT2D eigenvalue weighted by atomic mass is 35.5. The van der Waals surface area contributed by atoms with Gasteiger partial charge < -0.3 is 9.30 Å². The molecule has 4 nitrogen and oxygen atoms in total. The lowest BCUT2D eigenvalue weighted by molar-refractivity contribution is -0.124. The molecule has 1 atom stereocenters. The van der Waals surface area contributed by atoms with Crippen LogP contribution in [0.2, 0.25) is 5.02 Å². The Balaban J connectivity index is 1.81. The molecule has 0 aliphatic rings. The fraction of sp³-hybridized carbons (Fsp3) is 0.143. The van der Waals surface area contributed by atoms with E-state index in [0.717, 1.165) is 5.56 Å². The summed E-state index contributed by atoms with van der Waals surface area (Å²) in [5, 5.41) is 0.464. The quantitative estimate of drug-likeness (QED) is 0.682. The Hall–Kier alpha value is -2.85. The normalized spacial score (nSPS) is 12.6. The zero-order valence-corrected chi connectivity index (χ0v) is 15.1. The monoisotopic (exact) mass is 366 g/mol. The second-order valence-electron chi connectivity index (χ2n) is 5.81. The van der Waals surface area contributed by atoms with Gasteiger partial charge in [0.05, 0.1) is 5.02 Å². The van der Waals surface area contributed by atoms with Crippen LogP contribution < -0.4 is 10.2 Å². The topological polar surface area (TPSA) is 43.6 Å². The van der Waals surface area contributed by atoms with E-state index in [1.807, 2.05) is 65.4 Å². The molecule has 0 saturated carbocycles. The van der Waals surface area contributed by atoms with Crippen LogP contribution in [0.25, 0.3) is 0 Å². The van der Waals surface area contributed by atoms with Crippen molar-refractivity contribution in [3.63, 3.8) is 0 Å². The van der Waals surface area contributed by atoms with Crippen molar-refractivity contribution in [2.45, 2.75) is 19.6 Å². The molecule has 0 fully saturated rings. The maximum Gasteiger partial charge on any atom is 0.288 e. The standard InChI is InChI=1S/C21H19ClN2O2/c1-16(26-19-12-6-5-11-18(19)22)21(25)23-20-13-7-8-14-24(20)15-17-9-3-2-4-10-17/h2-14,16H,15H2,1H3. The predicted molar refractivity (Wildman–Crippen MR) is 102 cm³/mol. The minimum absolute atomic E-state index is 0.363. The SMILES string of the molecule is CC(Oc1ccccc1Cl)C(=O)N=c1ccccn1Cc1ccccc1. The van der Waals surface area contributed by atoms with Crippen molar-refractivity contribution in [3.05, 3.63) is 95.1 Å². The number of para-hydroxylation sites is 1. The summed E-state index contributed by atoms with van der Waals surface area (Å²) in [6.45, 7) is 2.30. The Morgan fingerprint density at radius 2 is 1.73 bits per heavy atom. The van der Waals surface area contributed by atoms with Crippen LogP contribution in [0, 0.1) is 0 Å². The first-order chi connectivity index (χ1) is 12.6. The molecule has 0 aliphatic heterocycles. The zero-order valence-electron chi connectivity index (χ0n) is 14.4. The molecular formula is C21H19ClN2O2. The molecule has 1 heterocycles. The van der Waals surface area contributed by atoms with Crippen LogP contribution in [0.4, 0.5) is 0 Å². The zero-order chi connectivity index (χ0) is 18.4. The number of halogens is 1. The number of nitrogens with zero attached hydrogens (tertiary/aromatic N) is 2. The largest absolute Gasteiger partial charge is 0.479 e. The molecule has 5 heteroatoms. The average molecular weight is 367 g/mol. The fourth-order valence-corrected chi connectivity index (χ4v) is 2.65. The van der Waals surface area contributed by atoms with E-state index in [0.29, 0.717) is 22.8 Å². The number of benzene rings is 2. The lowest BCUT2D eigenvalue weighted by Gasteiger charge is -2.13. The maximum absolute atomic E-state index is 12.5. The van der Waals surface area contributed by atoms with Crippen molar-refractivity contribution in [2.75, 3.05) is 0 Å². The first-order valence-corrected chi connectivity index (χ1v) is 8.70. The lowest BCUT2D eigenvalue weighted by atomic mass is 10.2. The Morgan fingerprint density at radius 3 is 2.50 bits per heavy atom. The van der Waals surface area contributed by atoms with Gasteiger partial charge in [0.1, 0.15) is 11.2 Å². The summed E-state index contributed by atoms with van der Waals surface area (Å²) < 4.78 is 7.58. The van der Waals surface area contributed by atoms with E-state index in [9.17, 15) is 4.79 Å². The Morgan fingerprint density at radius 1 is 1.04 bits per heavy atom. The van der Waals surface area contributed by atoms with E-state index in [1.165, 1.54) is 0 Å². The van der Waals surface area contributed by atoms with E-state index in [-0.39, 0.29) is 5.91 Å². The van der Waals surface area contributed by atoms with Crippen molar-refractivity contribution in [1.29, 1.82) is 0 Å². The molecule has 1 unspecified atom stereocenters. The van der Waals surface area contributed by atoms with Crippen LogP contribution >= 0.6 is 11.6 Å². The van der Waals surface area contributed by atoms with Gasteiger partial charge in [-0.15, -0.1) is 0 Å². The highest BCUT2D eigenvalue weighted by Crippen LogP contribution is 2.24. The van der Waals surface area contributed by atoms with Crippen LogP contribution in [0.3, 0.4) is 0 Å². The lowest BCUT2D eigenvalue weighted by Crippen LogP contribution is -2.28. The summed E-state index contributed by atoms with van der Waals surface area (Å²) in [7, 11) is 0. The minimum Gasteiger partial charge on any atom is -0.479 e. The maximum atomic E-state index is 12.5. The van der Waals surface area contributed by atoms with Gasteiger partial charge in [-0.2, -0.15) is 4.99 Å². The highest BCUT2D eigenvalue weighted by Gasteiger charge is 2.15. The highest BCUT2D eigenvalue weighted by molar-refractivity contribution is 6.32. The summed E-state index contributed by atoms with van der Waals surface area (Å²) >= 11 is 6.08. The number of hydrogen-bond donors (Lipinski definition) is 0. The Labute approximate surface area is 157 Å². The van der Waals surface area contributed by atoms with Gasteiger partial charge >= 0.3 is 0 Å². The van der Waals surface area contributed by atoms with Gasteiger partial charge in [0.25, 0.3) is 5.91 Å². The molecule has 3 aromatic rings. The second-order valence-corrected chi connectivity index (χ2v) is 6.22. The van der Waals surface area contributed by atoms with E-state index >= 15 is 0 Å². The van der Waals surface area contributed by atoms with E-state index in [4.69, 9.17) is 16.3 Å². The third-order valence-electron chi connectivity index (χ3n) is 3.83. The molecular weight excluding hydrogens is 348 g/mol. The van der Waals surface area contributed by atoms with Gasteiger partial charge in [0, 0.05) is 12.7 Å². The van der Waals surface area contributed by atoms with Gasteiger partial charge in [-0.25, -0.2) is 0 Å². The van der Waals surface area contributed by atoms with Crippen molar-refractivity contribution >= 4 is 17.5 Å². The first-order valence-electron chi connectivity index (χ1n) is 8.32. The van der Waals surface area contributed by atoms with Crippen LogP contribution in [0.1, 0.15) is 12.5 Å². The number of carbonyl (C=O) groups excluding carboxylic acids is 1. The third kappa shape index (κ3) is 4.61. The number of carbonyl (C=O) groups is 1. The number of ether oxygens (including phenoxy) is 1. The summed E-state index contributed by atoms with van der Waals surface area (Å²) in [6.07, 6.45) is 1.17. The Kier molecular flexibility index (Phi) is 5.87. The molecule has 1 aromatic heterocycles. The van der Waals surface area contributed by atoms with Gasteiger partial charge in [0.2, 0.25) is 0 Å². The minimum atomic E-state index is -0.736. The van der Waals surface area contributed by atoms with E-state index < -0.39 is 6.10 Å². The molecule has 0 saturated heterocycles. The van der Waals surface area contributed by atoms with Crippen molar-refractivity contribution < 1.29 is 9.53 Å². The molecule has 0 radical (unpaired) electrons. The summed E-state index contributed by atoms with van der Waals surface area (Å²) in [5.74, 6) is 0.105. The first kappa shape index (κ1) is 18.0. The van der Waals surface area contributed by atoms with Crippen LogP contribution in [0.15, 0.2) is 84.0 Å². The van der Waals surface area contributed by atoms with E-state index in [2.05, 4.69) is 4.99 Å². The molecule has 0 N–H and O–H groups in total. The number of hydrogen-bond acceptors (Lipinski definition) is 2. The van der Waals surface area contributed by atoms with Crippen molar-refractivity contribution in [3.8, 4) is 5.75 Å². The number of amides is 1. The molecule has 0 spiro atoms. The molecule has 26 heavy (non-hydrogen) atoms. The predicted octanol–water partition coefficient (Wildman–Crippen LogP) is 4.08. The van der Waals surface area contributed by atoms with Crippen LogP contribution in [-0.4, -0.2) is 16.6 Å². The molecule has 0 aliphatic carbocycles. The average Bonchev–Trinajstić information content (AvgIpc) is 2.66. The second kappa shape index (κ2) is 8.50. The van der Waals surface area contributed by atoms with Gasteiger partial charge in [0.15, 0.2) is 6.10 Å². The van der Waals surface area contributed by atoms with Gasteiger partial charge in [-0.3, -0.25) is 4.79 Å². The molecule has 132 valence electrons. The molecule has 0 bridgehead atoms. The summed E-state index contributed by atoms with van der Waals surface area (Å²) in [4.78, 5) is 16.7. The van der Waals surface area contributed by atoms with Gasteiger partial charge in [-0.05, 0) is 36.8 Å². The summed E-state index contributed by atoms with van der Waals surface area (Å²) in [5.41, 5.74) is 1.71. The number of rotatable bonds is 5. The van der Waals surface area contributed by atoms with Crippen molar-refractivity contribution in [2.24, 2.45) is 4.99 Å². The number of pyridine rings is 1. The van der Waals surface area contributed by atoms with E-state index in [1.54, 1.807) is 25.1 Å². The van der Waals surface area contributed by atoms with Crippen LogP contribution in [0.5, 0.6) is 5.75 Å². The van der Waals surface area contributed by atoms with Crippen molar-refractivity contribution in [1.82, 2.24) is 4.57 Å². The Bertz CT molecular complexity index is 951. The summed E-state index contributed by atoms with van der Waals surface area (Å²) in [6, 6.07) is 22.7. The van der Waals surface area contributed by atoms with Crippen LogP contribution in [-0.2, 0) is 11.3 Å². The van der Waals surface area contributed by atoms with Gasteiger partial charge in [-0.1, -0.05) is 60.1 Å².